The molecule has 104 valence electrons. The quantitative estimate of drug-likeness (QED) is 0.883. The molecule has 5 nitrogen and oxygen atoms in total. The number of nitrogens with zero attached hydrogens (tertiary/aromatic N) is 2. The average molecular weight is 264 g/mol. The molecule has 19 heavy (non-hydrogen) atoms. The molecule has 0 aliphatic heterocycles. The van der Waals surface area contributed by atoms with Crippen LogP contribution in [-0.4, -0.2) is 39.5 Å². The van der Waals surface area contributed by atoms with E-state index in [1.807, 2.05) is 13.8 Å². The van der Waals surface area contributed by atoms with Crippen LogP contribution in [0.1, 0.15) is 42.0 Å². The number of hydrogen-bond donors (Lipinski definition) is 1. The number of amides is 1. The molecule has 0 saturated carbocycles. The van der Waals surface area contributed by atoms with Gasteiger partial charge in [0, 0.05) is 18.3 Å². The number of carbonyl (C=O) groups excluding carboxylic acids is 1. The van der Waals surface area contributed by atoms with E-state index in [4.69, 9.17) is 5.11 Å². The SMILES string of the molecule is CCN(C(=O)c1ccc(C)nc1C)C(C)CC(=O)O. The molecule has 1 atom stereocenters. The van der Waals surface area contributed by atoms with Crippen molar-refractivity contribution in [3.8, 4) is 0 Å². The Bertz CT molecular complexity index is 486. The summed E-state index contributed by atoms with van der Waals surface area (Å²) < 4.78 is 0. The molecule has 1 aromatic rings. The summed E-state index contributed by atoms with van der Waals surface area (Å²) in [5.41, 5.74) is 2.06. The lowest BCUT2D eigenvalue weighted by atomic mass is 10.1. The third kappa shape index (κ3) is 3.77. The van der Waals surface area contributed by atoms with E-state index in [0.717, 1.165) is 5.69 Å². The lowest BCUT2D eigenvalue weighted by molar-refractivity contribution is -0.138. The van der Waals surface area contributed by atoms with Crippen LogP contribution < -0.4 is 0 Å². The maximum Gasteiger partial charge on any atom is 0.305 e. The van der Waals surface area contributed by atoms with Crippen molar-refractivity contribution in [1.82, 2.24) is 9.88 Å². The van der Waals surface area contributed by atoms with Gasteiger partial charge >= 0.3 is 5.97 Å². The molecule has 0 aliphatic carbocycles. The summed E-state index contributed by atoms with van der Waals surface area (Å²) in [6, 6.07) is 3.20. The third-order valence-corrected chi connectivity index (χ3v) is 3.06. The molecular formula is C14H20N2O3. The zero-order valence-electron chi connectivity index (χ0n) is 11.8. The highest BCUT2D eigenvalue weighted by molar-refractivity contribution is 5.95. The van der Waals surface area contributed by atoms with Crippen molar-refractivity contribution >= 4 is 11.9 Å². The summed E-state index contributed by atoms with van der Waals surface area (Å²) >= 11 is 0. The molecule has 1 N–H and O–H groups in total. The summed E-state index contributed by atoms with van der Waals surface area (Å²) in [4.78, 5) is 29.0. The lowest BCUT2D eigenvalue weighted by Crippen LogP contribution is -2.40. The fourth-order valence-corrected chi connectivity index (χ4v) is 2.09. The van der Waals surface area contributed by atoms with Gasteiger partial charge in [-0.05, 0) is 39.8 Å². The third-order valence-electron chi connectivity index (χ3n) is 3.06. The van der Waals surface area contributed by atoms with Crippen molar-refractivity contribution in [3.05, 3.63) is 29.1 Å². The zero-order chi connectivity index (χ0) is 14.6. The molecule has 0 spiro atoms. The van der Waals surface area contributed by atoms with E-state index in [1.165, 1.54) is 0 Å². The molecule has 1 aromatic heterocycles. The number of carboxylic acid groups (broad SMARTS) is 1. The highest BCUT2D eigenvalue weighted by Crippen LogP contribution is 2.14. The molecule has 0 radical (unpaired) electrons. The Morgan fingerprint density at radius 1 is 1.37 bits per heavy atom. The highest BCUT2D eigenvalue weighted by Gasteiger charge is 2.23. The number of carbonyl (C=O) groups is 2. The Labute approximate surface area is 113 Å². The van der Waals surface area contributed by atoms with Gasteiger partial charge in [0.2, 0.25) is 0 Å². The first-order valence-corrected chi connectivity index (χ1v) is 6.33. The molecule has 0 saturated heterocycles. The van der Waals surface area contributed by atoms with Gasteiger partial charge in [-0.15, -0.1) is 0 Å². The molecule has 1 rings (SSSR count). The lowest BCUT2D eigenvalue weighted by Gasteiger charge is -2.27. The van der Waals surface area contributed by atoms with Crippen molar-refractivity contribution in [2.24, 2.45) is 0 Å². The molecule has 5 heteroatoms. The fourth-order valence-electron chi connectivity index (χ4n) is 2.09. The molecule has 0 bridgehead atoms. The molecule has 0 aliphatic rings. The van der Waals surface area contributed by atoms with Crippen LogP contribution in [0, 0.1) is 13.8 Å². The molecule has 0 fully saturated rings. The topological polar surface area (TPSA) is 70.5 Å². The van der Waals surface area contributed by atoms with Crippen LogP contribution in [0.3, 0.4) is 0 Å². The predicted molar refractivity (Wildman–Crippen MR) is 72.1 cm³/mol. The number of hydrogen-bond acceptors (Lipinski definition) is 3. The highest BCUT2D eigenvalue weighted by atomic mass is 16.4. The number of aryl methyl sites for hydroxylation is 2. The van der Waals surface area contributed by atoms with Gasteiger partial charge in [0.25, 0.3) is 5.91 Å². The Kier molecular flexibility index (Phi) is 5.03. The van der Waals surface area contributed by atoms with Crippen molar-refractivity contribution in [3.63, 3.8) is 0 Å². The van der Waals surface area contributed by atoms with Crippen molar-refractivity contribution in [2.45, 2.75) is 40.2 Å². The van der Waals surface area contributed by atoms with Gasteiger partial charge in [-0.3, -0.25) is 14.6 Å². The van der Waals surface area contributed by atoms with Gasteiger partial charge in [-0.2, -0.15) is 0 Å². The van der Waals surface area contributed by atoms with Crippen LogP contribution >= 0.6 is 0 Å². The second-order valence-electron chi connectivity index (χ2n) is 4.62. The maximum absolute atomic E-state index is 12.4. The smallest absolute Gasteiger partial charge is 0.305 e. The predicted octanol–water partition coefficient (Wildman–Crippen LogP) is 2.02. The van der Waals surface area contributed by atoms with Crippen molar-refractivity contribution in [1.29, 1.82) is 0 Å². The summed E-state index contributed by atoms with van der Waals surface area (Å²) in [6.07, 6.45) is -0.0576. The number of aliphatic carboxylic acids is 1. The van der Waals surface area contributed by atoms with Crippen LogP contribution in [0.5, 0.6) is 0 Å². The van der Waals surface area contributed by atoms with E-state index in [1.54, 1.807) is 30.9 Å². The van der Waals surface area contributed by atoms with Crippen LogP contribution in [0.25, 0.3) is 0 Å². The van der Waals surface area contributed by atoms with Gasteiger partial charge in [0.05, 0.1) is 17.7 Å². The Balaban J connectivity index is 2.98. The first-order chi connectivity index (χ1) is 8.86. The summed E-state index contributed by atoms with van der Waals surface area (Å²) in [6.45, 7) is 7.71. The molecule has 1 heterocycles. The number of aromatic nitrogens is 1. The van der Waals surface area contributed by atoms with Gasteiger partial charge in [-0.25, -0.2) is 0 Å². The van der Waals surface area contributed by atoms with Gasteiger partial charge in [0.15, 0.2) is 0 Å². The first-order valence-electron chi connectivity index (χ1n) is 6.33. The molecular weight excluding hydrogens is 244 g/mol. The first kappa shape index (κ1) is 15.1. The molecule has 1 amide bonds. The molecule has 0 aromatic carbocycles. The van der Waals surface area contributed by atoms with E-state index >= 15 is 0 Å². The fraction of sp³-hybridized carbons (Fsp3) is 0.500. The van der Waals surface area contributed by atoms with Crippen molar-refractivity contribution < 1.29 is 14.7 Å². The number of pyridine rings is 1. The Hall–Kier alpha value is -1.91. The van der Waals surface area contributed by atoms with Crippen LogP contribution in [0.15, 0.2) is 12.1 Å². The minimum atomic E-state index is -0.905. The van der Waals surface area contributed by atoms with E-state index < -0.39 is 5.97 Å². The number of carboxylic acids is 1. The van der Waals surface area contributed by atoms with E-state index in [-0.39, 0.29) is 18.4 Å². The molecule has 1 unspecified atom stereocenters. The zero-order valence-corrected chi connectivity index (χ0v) is 11.8. The summed E-state index contributed by atoms with van der Waals surface area (Å²) in [7, 11) is 0. The van der Waals surface area contributed by atoms with Crippen molar-refractivity contribution in [2.75, 3.05) is 6.54 Å². The second-order valence-corrected chi connectivity index (χ2v) is 4.62. The van der Waals surface area contributed by atoms with Gasteiger partial charge < -0.3 is 10.0 Å². The van der Waals surface area contributed by atoms with Gasteiger partial charge in [-0.1, -0.05) is 0 Å². The minimum absolute atomic E-state index is 0.0576. The summed E-state index contributed by atoms with van der Waals surface area (Å²) in [5.74, 6) is -1.07. The maximum atomic E-state index is 12.4. The van der Waals surface area contributed by atoms with Crippen LogP contribution in [-0.2, 0) is 4.79 Å². The average Bonchev–Trinajstić information content (AvgIpc) is 2.28. The number of rotatable bonds is 5. The minimum Gasteiger partial charge on any atom is -0.481 e. The van der Waals surface area contributed by atoms with E-state index in [0.29, 0.717) is 17.8 Å². The normalized spacial score (nSPS) is 12.0. The van der Waals surface area contributed by atoms with E-state index in [9.17, 15) is 9.59 Å². The second kappa shape index (κ2) is 6.31. The van der Waals surface area contributed by atoms with Gasteiger partial charge in [0.1, 0.15) is 0 Å². The Morgan fingerprint density at radius 2 is 2.00 bits per heavy atom. The van der Waals surface area contributed by atoms with E-state index in [2.05, 4.69) is 4.98 Å². The van der Waals surface area contributed by atoms with Crippen LogP contribution in [0.4, 0.5) is 0 Å². The standard InChI is InChI=1S/C14H20N2O3/c1-5-16(10(3)8-13(17)18)14(19)12-7-6-9(2)15-11(12)4/h6-7,10H,5,8H2,1-4H3,(H,17,18). The van der Waals surface area contributed by atoms with Crippen LogP contribution in [0.2, 0.25) is 0 Å². The monoisotopic (exact) mass is 264 g/mol. The Morgan fingerprint density at radius 3 is 2.47 bits per heavy atom. The largest absolute Gasteiger partial charge is 0.481 e. The summed E-state index contributed by atoms with van der Waals surface area (Å²) in [5, 5.41) is 8.82.